The van der Waals surface area contributed by atoms with Crippen LogP contribution in [0.4, 0.5) is 15.8 Å². The Morgan fingerprint density at radius 2 is 1.97 bits per heavy atom. The molecule has 7 heteroatoms. The maximum Gasteiger partial charge on any atom is 0.255 e. The van der Waals surface area contributed by atoms with Crippen LogP contribution in [-0.2, 0) is 16.8 Å². The number of halogens is 1. The molecule has 1 amide bonds. The molecule has 0 unspecified atom stereocenters. The van der Waals surface area contributed by atoms with Gasteiger partial charge in [-0.1, -0.05) is 19.9 Å². The molecule has 4 rings (SSSR count). The van der Waals surface area contributed by atoms with E-state index in [1.165, 1.54) is 26.1 Å². The third-order valence-corrected chi connectivity index (χ3v) is 6.56. The number of hydrogen-bond donors (Lipinski definition) is 1. The van der Waals surface area contributed by atoms with Crippen LogP contribution < -0.4 is 10.2 Å². The Hall–Kier alpha value is -3.32. The number of carbonyl (C=O) groups is 1. The number of hydrogen-bond acceptors (Lipinski definition) is 5. The van der Waals surface area contributed by atoms with E-state index in [1.807, 2.05) is 31.3 Å². The number of benzene rings is 1. The number of methoxy groups -OCH3 is 1. The molecule has 0 bridgehead atoms. The minimum absolute atomic E-state index is 0.138. The van der Waals surface area contributed by atoms with Gasteiger partial charge in [0.15, 0.2) is 0 Å². The number of carbonyl (C=O) groups excluding carboxylic acids is 1. The van der Waals surface area contributed by atoms with Gasteiger partial charge in [0.2, 0.25) is 0 Å². The molecular formula is C29H35FN4O2. The zero-order valence-corrected chi connectivity index (χ0v) is 22.0. The summed E-state index contributed by atoms with van der Waals surface area (Å²) in [6.45, 7) is 11.8. The average Bonchev–Trinajstić information content (AvgIpc) is 2.82. The number of alkyl halides is 1. The monoisotopic (exact) mass is 490 g/mol. The standard InChI is InChI=1S/C29H35FN4O2/c1-19-7-8-22(33-27(35)20-9-10-31-26(14-20)29(4,5)30)15-23(19)21-13-25-24(32-17-21)16-28(2,3)18-34(25)11-12-36-6/h7-10,13-15,17H,11-12,16,18H2,1-6H3,(H,33,35). The van der Waals surface area contributed by atoms with E-state index in [0.717, 1.165) is 47.6 Å². The number of rotatable bonds is 7. The van der Waals surface area contributed by atoms with Crippen molar-refractivity contribution in [3.05, 3.63) is 71.3 Å². The number of aryl methyl sites for hydroxylation is 1. The van der Waals surface area contributed by atoms with E-state index in [2.05, 4.69) is 35.1 Å². The van der Waals surface area contributed by atoms with Crippen LogP contribution in [0.3, 0.4) is 0 Å². The van der Waals surface area contributed by atoms with Crippen molar-refractivity contribution in [1.82, 2.24) is 9.97 Å². The second-order valence-corrected chi connectivity index (χ2v) is 10.8. The van der Waals surface area contributed by atoms with Crippen molar-refractivity contribution in [2.24, 2.45) is 5.41 Å². The van der Waals surface area contributed by atoms with E-state index >= 15 is 0 Å². The van der Waals surface area contributed by atoms with Crippen LogP contribution in [0.5, 0.6) is 0 Å². The summed E-state index contributed by atoms with van der Waals surface area (Å²) in [4.78, 5) is 24.2. The summed E-state index contributed by atoms with van der Waals surface area (Å²) in [5.74, 6) is -0.311. The molecule has 1 aliphatic heterocycles. The van der Waals surface area contributed by atoms with Crippen molar-refractivity contribution in [3.63, 3.8) is 0 Å². The van der Waals surface area contributed by atoms with Gasteiger partial charge >= 0.3 is 0 Å². The van der Waals surface area contributed by atoms with Gasteiger partial charge in [0.25, 0.3) is 5.91 Å². The van der Waals surface area contributed by atoms with Crippen molar-refractivity contribution in [1.29, 1.82) is 0 Å². The highest BCUT2D eigenvalue weighted by molar-refractivity contribution is 6.04. The molecule has 1 aliphatic rings. The van der Waals surface area contributed by atoms with E-state index in [4.69, 9.17) is 9.72 Å². The number of ether oxygens (including phenoxy) is 1. The molecule has 0 aliphatic carbocycles. The number of nitrogens with zero attached hydrogens (tertiary/aromatic N) is 3. The Balaban J connectivity index is 1.63. The number of fused-ring (bicyclic) bond motifs is 1. The largest absolute Gasteiger partial charge is 0.383 e. The maximum absolute atomic E-state index is 14.3. The highest BCUT2D eigenvalue weighted by atomic mass is 19.1. The summed E-state index contributed by atoms with van der Waals surface area (Å²) in [6, 6.07) is 11.1. The second-order valence-electron chi connectivity index (χ2n) is 10.8. The number of pyridine rings is 2. The van der Waals surface area contributed by atoms with Crippen LogP contribution in [0.25, 0.3) is 11.1 Å². The lowest BCUT2D eigenvalue weighted by atomic mass is 9.83. The van der Waals surface area contributed by atoms with Crippen LogP contribution in [0, 0.1) is 12.3 Å². The van der Waals surface area contributed by atoms with Crippen LogP contribution in [0.15, 0.2) is 48.8 Å². The molecule has 6 nitrogen and oxygen atoms in total. The molecule has 1 aromatic carbocycles. The summed E-state index contributed by atoms with van der Waals surface area (Å²) in [7, 11) is 1.72. The quantitative estimate of drug-likeness (QED) is 0.444. The normalized spacial score (nSPS) is 14.9. The Morgan fingerprint density at radius 1 is 1.19 bits per heavy atom. The Kier molecular flexibility index (Phi) is 7.14. The SMILES string of the molecule is COCCN1CC(C)(C)Cc2ncc(-c3cc(NC(=O)c4ccnc(C(C)(C)F)c4)ccc3C)cc21. The van der Waals surface area contributed by atoms with E-state index < -0.39 is 5.67 Å². The maximum atomic E-state index is 14.3. The molecule has 0 spiro atoms. The van der Waals surface area contributed by atoms with Gasteiger partial charge in [-0.15, -0.1) is 0 Å². The average molecular weight is 491 g/mol. The lowest BCUT2D eigenvalue weighted by Gasteiger charge is -2.40. The zero-order chi connectivity index (χ0) is 26.1. The molecule has 0 fully saturated rings. The minimum atomic E-state index is -1.63. The Morgan fingerprint density at radius 3 is 2.69 bits per heavy atom. The van der Waals surface area contributed by atoms with E-state index in [9.17, 15) is 9.18 Å². The fourth-order valence-electron chi connectivity index (χ4n) is 4.66. The third-order valence-electron chi connectivity index (χ3n) is 6.56. The van der Waals surface area contributed by atoms with Gasteiger partial charge in [0, 0.05) is 49.4 Å². The first-order valence-corrected chi connectivity index (χ1v) is 12.3. The zero-order valence-electron chi connectivity index (χ0n) is 22.0. The first-order chi connectivity index (χ1) is 17.0. The molecule has 3 aromatic rings. The Labute approximate surface area is 212 Å². The topological polar surface area (TPSA) is 67.3 Å². The fraction of sp³-hybridized carbons (Fsp3) is 0.414. The van der Waals surface area contributed by atoms with Crippen molar-refractivity contribution >= 4 is 17.3 Å². The molecule has 0 radical (unpaired) electrons. The van der Waals surface area contributed by atoms with Gasteiger partial charge < -0.3 is 15.0 Å². The second kappa shape index (κ2) is 9.97. The van der Waals surface area contributed by atoms with E-state index in [-0.39, 0.29) is 17.0 Å². The summed E-state index contributed by atoms with van der Waals surface area (Å²) in [5.41, 5.74) is 5.07. The molecule has 0 saturated carbocycles. The van der Waals surface area contributed by atoms with Crippen molar-refractivity contribution in [2.45, 2.75) is 46.7 Å². The van der Waals surface area contributed by atoms with Crippen molar-refractivity contribution < 1.29 is 13.9 Å². The summed E-state index contributed by atoms with van der Waals surface area (Å²) < 4.78 is 19.7. The molecule has 2 aromatic heterocycles. The summed E-state index contributed by atoms with van der Waals surface area (Å²) >= 11 is 0. The molecule has 190 valence electrons. The molecule has 36 heavy (non-hydrogen) atoms. The van der Waals surface area contributed by atoms with Gasteiger partial charge in [-0.3, -0.25) is 14.8 Å². The van der Waals surface area contributed by atoms with Crippen LogP contribution >= 0.6 is 0 Å². The Bertz CT molecular complexity index is 1270. The molecule has 0 saturated heterocycles. The first kappa shape index (κ1) is 25.8. The van der Waals surface area contributed by atoms with Crippen LogP contribution in [0.1, 0.15) is 55.0 Å². The van der Waals surface area contributed by atoms with Gasteiger partial charge in [-0.05, 0) is 74.1 Å². The molecule has 1 N–H and O–H groups in total. The summed E-state index contributed by atoms with van der Waals surface area (Å²) in [5, 5.41) is 2.95. The van der Waals surface area contributed by atoms with Gasteiger partial charge in [-0.2, -0.15) is 0 Å². The highest BCUT2D eigenvalue weighted by Gasteiger charge is 2.31. The first-order valence-electron chi connectivity index (χ1n) is 12.3. The molecular weight excluding hydrogens is 455 g/mol. The lowest BCUT2D eigenvalue weighted by Crippen LogP contribution is -2.42. The van der Waals surface area contributed by atoms with Crippen molar-refractivity contribution in [3.8, 4) is 11.1 Å². The number of nitrogens with one attached hydrogen (secondary N) is 1. The fourth-order valence-corrected chi connectivity index (χ4v) is 4.66. The molecule has 0 atom stereocenters. The highest BCUT2D eigenvalue weighted by Crippen LogP contribution is 2.38. The van der Waals surface area contributed by atoms with Crippen LogP contribution in [-0.4, -0.2) is 42.7 Å². The minimum Gasteiger partial charge on any atom is -0.383 e. The third kappa shape index (κ3) is 5.73. The number of amides is 1. The van der Waals surface area contributed by atoms with Crippen LogP contribution in [0.2, 0.25) is 0 Å². The van der Waals surface area contributed by atoms with Gasteiger partial charge in [-0.25, -0.2) is 4.39 Å². The van der Waals surface area contributed by atoms with Gasteiger partial charge in [0.05, 0.1) is 23.7 Å². The smallest absolute Gasteiger partial charge is 0.255 e. The number of anilines is 2. The molecule has 3 heterocycles. The van der Waals surface area contributed by atoms with Crippen molar-refractivity contribution in [2.75, 3.05) is 37.0 Å². The van der Waals surface area contributed by atoms with E-state index in [1.54, 1.807) is 13.2 Å². The van der Waals surface area contributed by atoms with E-state index in [0.29, 0.717) is 17.9 Å². The summed E-state index contributed by atoms with van der Waals surface area (Å²) in [6.07, 6.45) is 4.30. The number of aromatic nitrogens is 2. The van der Waals surface area contributed by atoms with Gasteiger partial charge in [0.1, 0.15) is 5.67 Å². The predicted octanol–water partition coefficient (Wildman–Crippen LogP) is 5.94. The predicted molar refractivity (Wildman–Crippen MR) is 142 cm³/mol. The lowest BCUT2D eigenvalue weighted by molar-refractivity contribution is 0.102.